The number of carbonyl (C=O) groups is 1. The smallest absolute Gasteiger partial charge is 0.290 e. The summed E-state index contributed by atoms with van der Waals surface area (Å²) in [4.78, 5) is 14.9. The van der Waals surface area contributed by atoms with Crippen molar-refractivity contribution in [1.82, 2.24) is 4.90 Å². The van der Waals surface area contributed by atoms with E-state index in [1.165, 1.54) is 0 Å². The van der Waals surface area contributed by atoms with Crippen LogP contribution in [0.3, 0.4) is 0 Å². The molecule has 1 fully saturated rings. The Morgan fingerprint density at radius 3 is 2.88 bits per heavy atom. The molecular formula is C19H25NO4. The van der Waals surface area contributed by atoms with E-state index in [-0.39, 0.29) is 11.9 Å². The highest BCUT2D eigenvalue weighted by Gasteiger charge is 2.31. The lowest BCUT2D eigenvalue weighted by Crippen LogP contribution is -2.41. The van der Waals surface area contributed by atoms with Gasteiger partial charge in [0.15, 0.2) is 5.76 Å². The summed E-state index contributed by atoms with van der Waals surface area (Å²) >= 11 is 0. The SMILES string of the molecule is Cc1cc(C)c(C(=O)N2CCCCCC2CC(O)c2ccco2)o1. The van der Waals surface area contributed by atoms with Crippen molar-refractivity contribution >= 4 is 5.91 Å². The number of amides is 1. The van der Waals surface area contributed by atoms with E-state index in [4.69, 9.17) is 8.83 Å². The van der Waals surface area contributed by atoms with Gasteiger partial charge in [-0.25, -0.2) is 0 Å². The lowest BCUT2D eigenvalue weighted by molar-refractivity contribution is 0.0527. The Kier molecular flexibility index (Phi) is 5.09. The number of hydrogen-bond acceptors (Lipinski definition) is 4. The third kappa shape index (κ3) is 3.56. The van der Waals surface area contributed by atoms with Gasteiger partial charge in [-0.15, -0.1) is 0 Å². The maximum absolute atomic E-state index is 13.0. The van der Waals surface area contributed by atoms with Crippen molar-refractivity contribution in [2.45, 2.75) is 58.1 Å². The summed E-state index contributed by atoms with van der Waals surface area (Å²) in [5.74, 6) is 1.65. The number of nitrogens with zero attached hydrogens (tertiary/aromatic N) is 1. The average molecular weight is 331 g/mol. The zero-order valence-corrected chi connectivity index (χ0v) is 14.3. The molecule has 1 amide bonds. The maximum Gasteiger partial charge on any atom is 0.290 e. The molecule has 0 radical (unpaired) electrons. The molecule has 1 aliphatic rings. The second kappa shape index (κ2) is 7.26. The largest absolute Gasteiger partial charge is 0.467 e. The van der Waals surface area contributed by atoms with Gasteiger partial charge in [0.05, 0.1) is 6.26 Å². The van der Waals surface area contributed by atoms with Crippen molar-refractivity contribution in [3.8, 4) is 0 Å². The molecule has 2 atom stereocenters. The number of aliphatic hydroxyl groups is 1. The number of likely N-dealkylation sites (tertiary alicyclic amines) is 1. The van der Waals surface area contributed by atoms with E-state index in [1.807, 2.05) is 24.8 Å². The fourth-order valence-corrected chi connectivity index (χ4v) is 3.53. The quantitative estimate of drug-likeness (QED) is 0.919. The highest BCUT2D eigenvalue weighted by Crippen LogP contribution is 2.28. The van der Waals surface area contributed by atoms with Crippen molar-refractivity contribution in [3.63, 3.8) is 0 Å². The number of carbonyl (C=O) groups excluding carboxylic acids is 1. The predicted octanol–water partition coefficient (Wildman–Crippen LogP) is 4.00. The van der Waals surface area contributed by atoms with Gasteiger partial charge < -0.3 is 18.8 Å². The highest BCUT2D eigenvalue weighted by atomic mass is 16.4. The Morgan fingerprint density at radius 2 is 2.21 bits per heavy atom. The number of furan rings is 2. The molecule has 2 unspecified atom stereocenters. The molecule has 3 rings (SSSR count). The number of rotatable bonds is 4. The minimum absolute atomic E-state index is 0.00935. The van der Waals surface area contributed by atoms with Gasteiger partial charge >= 0.3 is 0 Å². The third-order valence-corrected chi connectivity index (χ3v) is 4.74. The van der Waals surface area contributed by atoms with Crippen LogP contribution in [0.4, 0.5) is 0 Å². The number of aliphatic hydroxyl groups excluding tert-OH is 1. The number of aryl methyl sites for hydroxylation is 2. The molecule has 0 spiro atoms. The molecule has 2 aromatic heterocycles. The summed E-state index contributed by atoms with van der Waals surface area (Å²) in [6.45, 7) is 4.45. The molecule has 2 aromatic rings. The van der Waals surface area contributed by atoms with E-state index in [1.54, 1.807) is 18.4 Å². The zero-order chi connectivity index (χ0) is 17.1. The van der Waals surface area contributed by atoms with Gasteiger partial charge in [-0.1, -0.05) is 12.8 Å². The minimum Gasteiger partial charge on any atom is -0.467 e. The first-order valence-electron chi connectivity index (χ1n) is 8.65. The summed E-state index contributed by atoms with van der Waals surface area (Å²) < 4.78 is 10.9. The first kappa shape index (κ1) is 16.8. The van der Waals surface area contributed by atoms with E-state index in [0.717, 1.165) is 37.0 Å². The molecule has 1 saturated heterocycles. The molecule has 5 heteroatoms. The van der Waals surface area contributed by atoms with Crippen LogP contribution in [0.15, 0.2) is 33.3 Å². The van der Waals surface area contributed by atoms with E-state index < -0.39 is 6.10 Å². The van der Waals surface area contributed by atoms with Gasteiger partial charge in [-0.05, 0) is 44.9 Å². The van der Waals surface area contributed by atoms with Crippen LogP contribution in [0.25, 0.3) is 0 Å². The Bertz CT molecular complexity index is 674. The first-order chi connectivity index (χ1) is 11.6. The summed E-state index contributed by atoms with van der Waals surface area (Å²) in [6.07, 6.45) is 5.39. The Labute approximate surface area is 142 Å². The lowest BCUT2D eigenvalue weighted by Gasteiger charge is -2.30. The Balaban J connectivity index is 1.79. The van der Waals surface area contributed by atoms with Crippen molar-refractivity contribution < 1.29 is 18.7 Å². The molecule has 130 valence electrons. The van der Waals surface area contributed by atoms with Gasteiger partial charge in [-0.2, -0.15) is 0 Å². The molecule has 1 N–H and O–H groups in total. The van der Waals surface area contributed by atoms with Crippen LogP contribution in [-0.2, 0) is 0 Å². The molecule has 0 aromatic carbocycles. The second-order valence-electron chi connectivity index (χ2n) is 6.64. The van der Waals surface area contributed by atoms with Crippen LogP contribution in [0.5, 0.6) is 0 Å². The molecule has 3 heterocycles. The Hall–Kier alpha value is -2.01. The van der Waals surface area contributed by atoms with Crippen LogP contribution in [0.1, 0.15) is 65.8 Å². The van der Waals surface area contributed by atoms with E-state index >= 15 is 0 Å². The van der Waals surface area contributed by atoms with Crippen LogP contribution in [0, 0.1) is 13.8 Å². The van der Waals surface area contributed by atoms with Crippen LogP contribution >= 0.6 is 0 Å². The van der Waals surface area contributed by atoms with Crippen molar-refractivity contribution in [3.05, 3.63) is 47.3 Å². The summed E-state index contributed by atoms with van der Waals surface area (Å²) in [5, 5.41) is 10.4. The predicted molar refractivity (Wildman–Crippen MR) is 89.8 cm³/mol. The molecule has 0 aliphatic carbocycles. The van der Waals surface area contributed by atoms with E-state index in [2.05, 4.69) is 0 Å². The molecular weight excluding hydrogens is 306 g/mol. The summed E-state index contributed by atoms with van der Waals surface area (Å²) in [6, 6.07) is 5.42. The molecule has 24 heavy (non-hydrogen) atoms. The summed E-state index contributed by atoms with van der Waals surface area (Å²) in [7, 11) is 0. The van der Waals surface area contributed by atoms with Gasteiger partial charge in [0, 0.05) is 24.6 Å². The second-order valence-corrected chi connectivity index (χ2v) is 6.64. The maximum atomic E-state index is 13.0. The van der Waals surface area contributed by atoms with Crippen molar-refractivity contribution in [1.29, 1.82) is 0 Å². The van der Waals surface area contributed by atoms with Crippen LogP contribution < -0.4 is 0 Å². The van der Waals surface area contributed by atoms with Crippen LogP contribution in [0.2, 0.25) is 0 Å². The first-order valence-corrected chi connectivity index (χ1v) is 8.65. The van der Waals surface area contributed by atoms with Gasteiger partial charge in [-0.3, -0.25) is 4.79 Å². The molecule has 5 nitrogen and oxygen atoms in total. The summed E-state index contributed by atoms with van der Waals surface area (Å²) in [5.41, 5.74) is 0.868. The number of hydrogen-bond donors (Lipinski definition) is 1. The highest BCUT2D eigenvalue weighted by molar-refractivity contribution is 5.93. The van der Waals surface area contributed by atoms with Gasteiger partial charge in [0.2, 0.25) is 0 Å². The minimum atomic E-state index is -0.696. The zero-order valence-electron chi connectivity index (χ0n) is 14.3. The van der Waals surface area contributed by atoms with E-state index in [9.17, 15) is 9.90 Å². The molecule has 1 aliphatic heterocycles. The van der Waals surface area contributed by atoms with Crippen molar-refractivity contribution in [2.75, 3.05) is 6.54 Å². The monoisotopic (exact) mass is 331 g/mol. The van der Waals surface area contributed by atoms with Gasteiger partial charge in [0.1, 0.15) is 17.6 Å². The Morgan fingerprint density at radius 1 is 1.38 bits per heavy atom. The third-order valence-electron chi connectivity index (χ3n) is 4.74. The fraction of sp³-hybridized carbons (Fsp3) is 0.526. The fourth-order valence-electron chi connectivity index (χ4n) is 3.53. The topological polar surface area (TPSA) is 66.8 Å². The molecule has 0 bridgehead atoms. The lowest BCUT2D eigenvalue weighted by atomic mass is 10.0. The van der Waals surface area contributed by atoms with Gasteiger partial charge in [0.25, 0.3) is 5.91 Å². The normalized spacial score (nSPS) is 20.0. The molecule has 0 saturated carbocycles. The van der Waals surface area contributed by atoms with Crippen molar-refractivity contribution in [2.24, 2.45) is 0 Å². The van der Waals surface area contributed by atoms with Crippen LogP contribution in [-0.4, -0.2) is 28.5 Å². The standard InChI is InChI=1S/C19H25NO4/c1-13-11-14(2)24-18(13)19(22)20-9-5-3-4-7-15(20)12-16(21)17-8-6-10-23-17/h6,8,10-11,15-16,21H,3-5,7,9,12H2,1-2H3. The average Bonchev–Trinajstić information content (AvgIpc) is 3.13. The van der Waals surface area contributed by atoms with E-state index in [0.29, 0.717) is 24.5 Å².